The molecule has 0 bridgehead atoms. The molecule has 0 aliphatic rings. The molecule has 0 radical (unpaired) electrons. The molecule has 4 heteroatoms. The highest BCUT2D eigenvalue weighted by atomic mass is 15.0. The van der Waals surface area contributed by atoms with E-state index >= 15 is 0 Å². The average molecular weight is 677 g/mol. The Hall–Kier alpha value is -7.17. The first kappa shape index (κ1) is 30.6. The lowest BCUT2D eigenvalue weighted by Crippen LogP contribution is -2.02. The monoisotopic (exact) mass is 676 g/mol. The smallest absolute Gasteiger partial charge is 0.164 e. The fourth-order valence-corrected chi connectivity index (χ4v) is 7.60. The Morgan fingerprint density at radius 2 is 0.698 bits per heavy atom. The number of nitrogens with zero attached hydrogens (tertiary/aromatic N) is 4. The summed E-state index contributed by atoms with van der Waals surface area (Å²) >= 11 is 0. The summed E-state index contributed by atoms with van der Waals surface area (Å²) in [6, 6.07) is 68.0. The summed E-state index contributed by atoms with van der Waals surface area (Å²) in [6.45, 7) is 0. The van der Waals surface area contributed by atoms with E-state index in [9.17, 15) is 0 Å². The van der Waals surface area contributed by atoms with Gasteiger partial charge in [-0.15, -0.1) is 0 Å². The first-order valence-electron chi connectivity index (χ1n) is 17.9. The minimum absolute atomic E-state index is 0.617. The summed E-state index contributed by atoms with van der Waals surface area (Å²) in [7, 11) is 0. The van der Waals surface area contributed by atoms with E-state index in [-0.39, 0.29) is 0 Å². The number of hydrogen-bond acceptors (Lipinski definition) is 3. The summed E-state index contributed by atoms with van der Waals surface area (Å²) in [6.07, 6.45) is 0. The van der Waals surface area contributed by atoms with Gasteiger partial charge in [0.25, 0.3) is 0 Å². The lowest BCUT2D eigenvalue weighted by atomic mass is 9.94. The Morgan fingerprint density at radius 3 is 1.30 bits per heavy atom. The van der Waals surface area contributed by atoms with E-state index in [0.29, 0.717) is 17.5 Å². The summed E-state index contributed by atoms with van der Waals surface area (Å²) < 4.78 is 2.38. The molecule has 0 spiro atoms. The van der Waals surface area contributed by atoms with E-state index < -0.39 is 0 Å². The minimum Gasteiger partial charge on any atom is -0.309 e. The van der Waals surface area contributed by atoms with Gasteiger partial charge in [0.05, 0.1) is 16.7 Å². The molecule has 0 saturated carbocycles. The molecule has 0 aliphatic heterocycles. The number of aromatic nitrogens is 4. The van der Waals surface area contributed by atoms with Crippen molar-refractivity contribution in [3.8, 4) is 62.1 Å². The molecule has 2 heterocycles. The zero-order chi connectivity index (χ0) is 35.1. The SMILES string of the molecule is c1ccc(-c2nc(-c3ccc(-c4ccccc4)c(-n4c5ccccc5c5ccccc54)c3)nc(-c3ccc(-c4ccccc4)c4ccccc34)n2)cc1. The van der Waals surface area contributed by atoms with E-state index in [0.717, 1.165) is 55.3 Å². The van der Waals surface area contributed by atoms with Crippen LogP contribution < -0.4 is 0 Å². The van der Waals surface area contributed by atoms with Crippen LogP contribution in [0.15, 0.2) is 194 Å². The van der Waals surface area contributed by atoms with E-state index in [2.05, 4.69) is 180 Å². The number of rotatable bonds is 6. The summed E-state index contributed by atoms with van der Waals surface area (Å²) in [5, 5.41) is 4.68. The predicted octanol–water partition coefficient (Wildman–Crippen LogP) is 12.5. The Kier molecular flexibility index (Phi) is 7.43. The van der Waals surface area contributed by atoms with Gasteiger partial charge in [-0.25, -0.2) is 15.0 Å². The van der Waals surface area contributed by atoms with Crippen molar-refractivity contribution in [2.45, 2.75) is 0 Å². The molecule has 4 nitrogen and oxygen atoms in total. The van der Waals surface area contributed by atoms with Crippen LogP contribution in [0.4, 0.5) is 0 Å². The first-order valence-corrected chi connectivity index (χ1v) is 17.9. The molecule has 53 heavy (non-hydrogen) atoms. The number of hydrogen-bond donors (Lipinski definition) is 0. The van der Waals surface area contributed by atoms with Crippen LogP contribution in [0.1, 0.15) is 0 Å². The zero-order valence-corrected chi connectivity index (χ0v) is 28.8. The van der Waals surface area contributed by atoms with Crippen molar-refractivity contribution in [3.05, 3.63) is 194 Å². The lowest BCUT2D eigenvalue weighted by molar-refractivity contribution is 1.07. The largest absolute Gasteiger partial charge is 0.309 e. The molecule has 248 valence electrons. The van der Waals surface area contributed by atoms with Crippen molar-refractivity contribution in [3.63, 3.8) is 0 Å². The first-order chi connectivity index (χ1) is 26.3. The van der Waals surface area contributed by atoms with Crippen LogP contribution in [0.2, 0.25) is 0 Å². The molecule has 0 N–H and O–H groups in total. The normalized spacial score (nSPS) is 11.4. The maximum absolute atomic E-state index is 5.27. The fourth-order valence-electron chi connectivity index (χ4n) is 7.60. The maximum Gasteiger partial charge on any atom is 0.164 e. The summed E-state index contributed by atoms with van der Waals surface area (Å²) in [5.41, 5.74) is 10.8. The Balaban J connectivity index is 1.23. The van der Waals surface area contributed by atoms with Crippen LogP contribution in [0.3, 0.4) is 0 Å². The molecule has 0 unspecified atom stereocenters. The zero-order valence-electron chi connectivity index (χ0n) is 28.8. The second-order valence-corrected chi connectivity index (χ2v) is 13.2. The molecule has 10 rings (SSSR count). The van der Waals surface area contributed by atoms with Gasteiger partial charge in [-0.05, 0) is 51.7 Å². The summed E-state index contributed by atoms with van der Waals surface area (Å²) in [5.74, 6) is 1.88. The number of fused-ring (bicyclic) bond motifs is 4. The van der Waals surface area contributed by atoms with Gasteiger partial charge in [-0.1, -0.05) is 170 Å². The van der Waals surface area contributed by atoms with Gasteiger partial charge in [0, 0.05) is 33.0 Å². The van der Waals surface area contributed by atoms with Crippen molar-refractivity contribution in [1.82, 2.24) is 19.5 Å². The molecule has 0 amide bonds. The van der Waals surface area contributed by atoms with Gasteiger partial charge in [0.2, 0.25) is 0 Å². The van der Waals surface area contributed by atoms with Crippen LogP contribution in [-0.2, 0) is 0 Å². The molecule has 0 fully saturated rings. The van der Waals surface area contributed by atoms with Crippen LogP contribution in [0.5, 0.6) is 0 Å². The van der Waals surface area contributed by atoms with Gasteiger partial charge in [0.1, 0.15) is 0 Å². The van der Waals surface area contributed by atoms with Crippen LogP contribution in [0, 0.1) is 0 Å². The second-order valence-electron chi connectivity index (χ2n) is 13.2. The second kappa shape index (κ2) is 12.9. The van der Waals surface area contributed by atoms with Crippen LogP contribution in [0.25, 0.3) is 94.7 Å². The fraction of sp³-hybridized carbons (Fsp3) is 0. The quantitative estimate of drug-likeness (QED) is 0.176. The van der Waals surface area contributed by atoms with Gasteiger partial charge in [-0.3, -0.25) is 0 Å². The standard InChI is InChI=1S/C49H32N4/c1-4-16-33(17-5-1)37-30-31-43(40-23-11-10-22-39(37)40)49-51-47(35-20-8-3-9-21-35)50-48(52-49)36-28-29-38(34-18-6-2-7-19-34)46(32-36)53-44-26-14-12-24-41(44)42-25-13-15-27-45(42)53/h1-32H. The number of benzene rings is 8. The molecular weight excluding hydrogens is 645 g/mol. The molecule has 0 saturated heterocycles. The van der Waals surface area contributed by atoms with Crippen molar-refractivity contribution in [2.24, 2.45) is 0 Å². The highest BCUT2D eigenvalue weighted by Gasteiger charge is 2.20. The predicted molar refractivity (Wildman–Crippen MR) is 219 cm³/mol. The van der Waals surface area contributed by atoms with Crippen LogP contribution >= 0.6 is 0 Å². The van der Waals surface area contributed by atoms with Gasteiger partial charge in [0.15, 0.2) is 17.5 Å². The minimum atomic E-state index is 0.617. The molecule has 0 atom stereocenters. The van der Waals surface area contributed by atoms with Crippen molar-refractivity contribution < 1.29 is 0 Å². The third-order valence-corrected chi connectivity index (χ3v) is 10.1. The molecule has 10 aromatic rings. The van der Waals surface area contributed by atoms with E-state index in [4.69, 9.17) is 15.0 Å². The Labute approximate surface area is 307 Å². The van der Waals surface area contributed by atoms with E-state index in [1.54, 1.807) is 0 Å². The highest BCUT2D eigenvalue weighted by molar-refractivity contribution is 6.10. The highest BCUT2D eigenvalue weighted by Crippen LogP contribution is 2.39. The van der Waals surface area contributed by atoms with Crippen molar-refractivity contribution >= 4 is 32.6 Å². The molecule has 8 aromatic carbocycles. The van der Waals surface area contributed by atoms with Gasteiger partial charge in [-0.2, -0.15) is 0 Å². The molecule has 2 aromatic heterocycles. The third-order valence-electron chi connectivity index (χ3n) is 10.1. The molecule has 0 aliphatic carbocycles. The van der Waals surface area contributed by atoms with Gasteiger partial charge < -0.3 is 4.57 Å². The van der Waals surface area contributed by atoms with Gasteiger partial charge >= 0.3 is 0 Å². The van der Waals surface area contributed by atoms with E-state index in [1.807, 2.05) is 18.2 Å². The Morgan fingerprint density at radius 1 is 0.283 bits per heavy atom. The van der Waals surface area contributed by atoms with E-state index in [1.165, 1.54) is 21.9 Å². The Bertz CT molecular complexity index is 2880. The summed E-state index contributed by atoms with van der Waals surface area (Å²) in [4.78, 5) is 15.6. The average Bonchev–Trinajstić information content (AvgIpc) is 3.58. The maximum atomic E-state index is 5.27. The lowest BCUT2D eigenvalue weighted by Gasteiger charge is -2.16. The number of para-hydroxylation sites is 2. The molecular formula is C49H32N4. The topological polar surface area (TPSA) is 43.6 Å². The third kappa shape index (κ3) is 5.36. The van der Waals surface area contributed by atoms with Crippen molar-refractivity contribution in [2.75, 3.05) is 0 Å². The van der Waals surface area contributed by atoms with Crippen molar-refractivity contribution in [1.29, 1.82) is 0 Å². The van der Waals surface area contributed by atoms with Crippen LogP contribution in [-0.4, -0.2) is 19.5 Å².